The molecule has 0 aliphatic rings. The van der Waals surface area contributed by atoms with E-state index in [0.29, 0.717) is 15.2 Å². The minimum atomic E-state index is -0.679. The standard InChI is InChI=1S/C13H9BrClN3O3/c14-9-6-7(4-5-10(9)15)17-13(19)8-2-1-3-11(16)12(8)18(20)21/h1-6H,16H2,(H,17,19). The van der Waals surface area contributed by atoms with Gasteiger partial charge in [0.25, 0.3) is 5.91 Å². The number of rotatable bonds is 3. The van der Waals surface area contributed by atoms with Crippen molar-refractivity contribution in [2.75, 3.05) is 11.1 Å². The summed E-state index contributed by atoms with van der Waals surface area (Å²) < 4.78 is 0.601. The molecule has 0 aliphatic carbocycles. The van der Waals surface area contributed by atoms with Crippen molar-refractivity contribution in [1.29, 1.82) is 0 Å². The molecule has 0 radical (unpaired) electrons. The Labute approximate surface area is 133 Å². The number of nitro benzene ring substituents is 1. The van der Waals surface area contributed by atoms with E-state index in [-0.39, 0.29) is 11.3 Å². The summed E-state index contributed by atoms with van der Waals surface area (Å²) in [5.41, 5.74) is 5.42. The highest BCUT2D eigenvalue weighted by atomic mass is 79.9. The van der Waals surface area contributed by atoms with Gasteiger partial charge in [0.2, 0.25) is 0 Å². The Kier molecular flexibility index (Phi) is 4.44. The van der Waals surface area contributed by atoms with Crippen LogP contribution < -0.4 is 11.1 Å². The van der Waals surface area contributed by atoms with Gasteiger partial charge < -0.3 is 11.1 Å². The molecule has 1 amide bonds. The fourth-order valence-corrected chi connectivity index (χ4v) is 2.22. The molecule has 2 aromatic rings. The topological polar surface area (TPSA) is 98.3 Å². The molecule has 0 fully saturated rings. The number of anilines is 2. The first-order valence-electron chi connectivity index (χ1n) is 5.69. The first-order chi connectivity index (χ1) is 9.90. The summed E-state index contributed by atoms with van der Waals surface area (Å²) in [6.07, 6.45) is 0. The number of hydrogen-bond donors (Lipinski definition) is 2. The molecule has 8 heteroatoms. The molecule has 2 rings (SSSR count). The van der Waals surface area contributed by atoms with Crippen molar-refractivity contribution in [1.82, 2.24) is 0 Å². The average molecular weight is 371 g/mol. The molecular formula is C13H9BrClN3O3. The van der Waals surface area contributed by atoms with E-state index in [9.17, 15) is 14.9 Å². The van der Waals surface area contributed by atoms with Crippen LogP contribution in [0.3, 0.4) is 0 Å². The van der Waals surface area contributed by atoms with Gasteiger partial charge in [0.15, 0.2) is 0 Å². The quantitative estimate of drug-likeness (QED) is 0.487. The van der Waals surface area contributed by atoms with Crippen molar-refractivity contribution >= 4 is 50.5 Å². The van der Waals surface area contributed by atoms with Crippen LogP contribution in [0.2, 0.25) is 5.02 Å². The summed E-state index contributed by atoms with van der Waals surface area (Å²) >= 11 is 9.09. The fourth-order valence-electron chi connectivity index (χ4n) is 1.72. The molecule has 0 aromatic heterocycles. The van der Waals surface area contributed by atoms with Crippen molar-refractivity contribution < 1.29 is 9.72 Å². The third-order valence-corrected chi connectivity index (χ3v) is 3.89. The SMILES string of the molecule is Nc1cccc(C(=O)Nc2ccc(Cl)c(Br)c2)c1[N+](=O)[O-]. The average Bonchev–Trinajstić information content (AvgIpc) is 2.42. The lowest BCUT2D eigenvalue weighted by Gasteiger charge is -2.08. The number of halogens is 2. The number of carbonyl (C=O) groups is 1. The third kappa shape index (κ3) is 3.32. The van der Waals surface area contributed by atoms with Crippen LogP contribution >= 0.6 is 27.5 Å². The van der Waals surface area contributed by atoms with Gasteiger partial charge in [0.1, 0.15) is 11.3 Å². The second-order valence-corrected chi connectivity index (χ2v) is 5.35. The van der Waals surface area contributed by atoms with E-state index in [0.717, 1.165) is 0 Å². The van der Waals surface area contributed by atoms with Gasteiger partial charge in [0, 0.05) is 10.2 Å². The molecule has 0 saturated carbocycles. The molecule has 6 nitrogen and oxygen atoms in total. The minimum absolute atomic E-state index is 0.0649. The van der Waals surface area contributed by atoms with Gasteiger partial charge in [-0.2, -0.15) is 0 Å². The number of carbonyl (C=O) groups excluding carboxylic acids is 1. The first kappa shape index (κ1) is 15.3. The van der Waals surface area contributed by atoms with E-state index in [1.54, 1.807) is 18.2 Å². The van der Waals surface area contributed by atoms with E-state index < -0.39 is 16.5 Å². The van der Waals surface area contributed by atoms with Gasteiger partial charge in [-0.15, -0.1) is 0 Å². The van der Waals surface area contributed by atoms with Crippen molar-refractivity contribution in [3.63, 3.8) is 0 Å². The number of nitro groups is 1. The van der Waals surface area contributed by atoms with Crippen molar-refractivity contribution in [2.24, 2.45) is 0 Å². The first-order valence-corrected chi connectivity index (χ1v) is 6.86. The molecule has 0 unspecified atom stereocenters. The summed E-state index contributed by atoms with van der Waals surface area (Å²) in [6.45, 7) is 0. The van der Waals surface area contributed by atoms with Crippen molar-refractivity contribution in [2.45, 2.75) is 0 Å². The summed E-state index contributed by atoms with van der Waals surface area (Å²) in [4.78, 5) is 22.5. The van der Waals surface area contributed by atoms with Crippen LogP contribution in [0.5, 0.6) is 0 Å². The van der Waals surface area contributed by atoms with Gasteiger partial charge in [-0.05, 0) is 46.3 Å². The third-order valence-electron chi connectivity index (χ3n) is 2.67. The lowest BCUT2D eigenvalue weighted by Crippen LogP contribution is -2.14. The summed E-state index contributed by atoms with van der Waals surface area (Å²) in [7, 11) is 0. The molecule has 2 aromatic carbocycles. The van der Waals surface area contributed by atoms with Crippen molar-refractivity contribution in [3.8, 4) is 0 Å². The molecule has 0 heterocycles. The number of nitrogens with two attached hydrogens (primary N) is 1. The predicted octanol–water partition coefficient (Wildman–Crippen LogP) is 3.85. The molecule has 3 N–H and O–H groups in total. The number of hydrogen-bond acceptors (Lipinski definition) is 4. The van der Waals surface area contributed by atoms with E-state index in [1.165, 1.54) is 18.2 Å². The summed E-state index contributed by atoms with van der Waals surface area (Å²) in [5.74, 6) is -0.622. The largest absolute Gasteiger partial charge is 0.393 e. The van der Waals surface area contributed by atoms with E-state index in [1.807, 2.05) is 0 Å². The molecule has 21 heavy (non-hydrogen) atoms. The number of nitrogens with zero attached hydrogens (tertiary/aromatic N) is 1. The molecule has 0 bridgehead atoms. The lowest BCUT2D eigenvalue weighted by molar-refractivity contribution is -0.384. The molecule has 0 atom stereocenters. The Morgan fingerprint density at radius 3 is 2.67 bits per heavy atom. The van der Waals surface area contributed by atoms with Crippen LogP contribution in [-0.2, 0) is 0 Å². The molecule has 108 valence electrons. The second kappa shape index (κ2) is 6.11. The predicted molar refractivity (Wildman–Crippen MR) is 84.6 cm³/mol. The van der Waals surface area contributed by atoms with Gasteiger partial charge in [-0.25, -0.2) is 0 Å². The van der Waals surface area contributed by atoms with Crippen LogP contribution in [0.15, 0.2) is 40.9 Å². The normalized spacial score (nSPS) is 10.2. The van der Waals surface area contributed by atoms with Crippen LogP contribution in [0.25, 0.3) is 0 Å². The minimum Gasteiger partial charge on any atom is -0.393 e. The summed E-state index contributed by atoms with van der Waals surface area (Å²) in [5, 5.41) is 14.1. The van der Waals surface area contributed by atoms with Gasteiger partial charge in [0.05, 0.1) is 9.95 Å². The van der Waals surface area contributed by atoms with Gasteiger partial charge in [-0.3, -0.25) is 14.9 Å². The van der Waals surface area contributed by atoms with Crippen molar-refractivity contribution in [3.05, 3.63) is 61.6 Å². The highest BCUT2D eigenvalue weighted by molar-refractivity contribution is 9.10. The maximum atomic E-state index is 12.2. The van der Waals surface area contributed by atoms with E-state index in [2.05, 4.69) is 21.2 Å². The number of benzene rings is 2. The molecule has 0 saturated heterocycles. The van der Waals surface area contributed by atoms with Crippen LogP contribution in [0.1, 0.15) is 10.4 Å². The van der Waals surface area contributed by atoms with Crippen LogP contribution in [0.4, 0.5) is 17.1 Å². The maximum Gasteiger partial charge on any atom is 0.304 e. The zero-order valence-electron chi connectivity index (χ0n) is 10.5. The Morgan fingerprint density at radius 1 is 1.33 bits per heavy atom. The Balaban J connectivity index is 2.35. The Bertz CT molecular complexity index is 737. The fraction of sp³-hybridized carbons (Fsp3) is 0. The smallest absolute Gasteiger partial charge is 0.304 e. The monoisotopic (exact) mass is 369 g/mol. The highest BCUT2D eigenvalue weighted by Gasteiger charge is 2.23. The number of amides is 1. The lowest BCUT2D eigenvalue weighted by atomic mass is 10.1. The van der Waals surface area contributed by atoms with Gasteiger partial charge >= 0.3 is 5.69 Å². The van der Waals surface area contributed by atoms with Crippen LogP contribution in [0, 0.1) is 10.1 Å². The zero-order valence-corrected chi connectivity index (χ0v) is 12.8. The maximum absolute atomic E-state index is 12.2. The summed E-state index contributed by atoms with van der Waals surface area (Å²) in [6, 6.07) is 8.97. The number of para-hydroxylation sites is 1. The Morgan fingerprint density at radius 2 is 2.05 bits per heavy atom. The highest BCUT2D eigenvalue weighted by Crippen LogP contribution is 2.28. The number of nitrogen functional groups attached to an aromatic ring is 1. The molecular weight excluding hydrogens is 362 g/mol. The molecule has 0 spiro atoms. The number of nitrogens with one attached hydrogen (secondary N) is 1. The van der Waals surface area contributed by atoms with E-state index in [4.69, 9.17) is 17.3 Å². The zero-order chi connectivity index (χ0) is 15.6. The molecule has 0 aliphatic heterocycles. The van der Waals surface area contributed by atoms with E-state index >= 15 is 0 Å². The second-order valence-electron chi connectivity index (χ2n) is 4.08. The van der Waals surface area contributed by atoms with Crippen LogP contribution in [-0.4, -0.2) is 10.8 Å². The Hall–Kier alpha value is -2.12. The van der Waals surface area contributed by atoms with Gasteiger partial charge in [-0.1, -0.05) is 17.7 Å².